The predicted molar refractivity (Wildman–Crippen MR) is 116 cm³/mol. The lowest BCUT2D eigenvalue weighted by molar-refractivity contribution is -0.384. The molecule has 0 radical (unpaired) electrons. The van der Waals surface area contributed by atoms with Gasteiger partial charge in [0, 0.05) is 17.2 Å². The molecule has 160 valence electrons. The maximum Gasteiger partial charge on any atom is 0.338 e. The van der Waals surface area contributed by atoms with Crippen LogP contribution in [0.4, 0.5) is 11.4 Å². The molecule has 9 heteroatoms. The fourth-order valence-corrected chi connectivity index (χ4v) is 3.53. The number of benzene rings is 3. The lowest BCUT2D eigenvalue weighted by Gasteiger charge is -2.16. The van der Waals surface area contributed by atoms with Crippen LogP contribution in [0.5, 0.6) is 0 Å². The molecule has 8 nitrogen and oxygen atoms in total. The zero-order valence-electron chi connectivity index (χ0n) is 16.7. The standard InChI is InChI=1S/C23H15ClN2O6/c1-13-10-17(26(30)31)7-9-20(13)25-21(27)18-8-4-15(11-19(18)22(25)28)23(29)32-12-14-2-5-16(24)6-3-14/h2-11H,12H2,1H3. The Kier molecular flexibility index (Phi) is 5.46. The van der Waals surface area contributed by atoms with E-state index in [1.54, 1.807) is 31.2 Å². The maximum atomic E-state index is 13.0. The molecule has 4 rings (SSSR count). The van der Waals surface area contributed by atoms with Crippen molar-refractivity contribution in [2.24, 2.45) is 0 Å². The summed E-state index contributed by atoms with van der Waals surface area (Å²) in [5.41, 5.74) is 1.57. The summed E-state index contributed by atoms with van der Waals surface area (Å²) in [5.74, 6) is -1.83. The van der Waals surface area contributed by atoms with Gasteiger partial charge in [-0.25, -0.2) is 9.69 Å². The van der Waals surface area contributed by atoms with Gasteiger partial charge < -0.3 is 4.74 Å². The fraction of sp³-hybridized carbons (Fsp3) is 0.0870. The van der Waals surface area contributed by atoms with E-state index < -0.39 is 22.7 Å². The molecule has 1 aliphatic heterocycles. The molecule has 3 aromatic rings. The summed E-state index contributed by atoms with van der Waals surface area (Å²) in [4.78, 5) is 49.6. The number of aryl methyl sites for hydroxylation is 1. The number of anilines is 1. The van der Waals surface area contributed by atoms with Crippen LogP contribution in [0.2, 0.25) is 5.02 Å². The second-order valence-electron chi connectivity index (χ2n) is 7.14. The van der Waals surface area contributed by atoms with Gasteiger partial charge in [0.15, 0.2) is 0 Å². The molecular formula is C23H15ClN2O6. The molecular weight excluding hydrogens is 436 g/mol. The maximum absolute atomic E-state index is 13.0. The van der Waals surface area contributed by atoms with Gasteiger partial charge in [-0.2, -0.15) is 0 Å². The highest BCUT2D eigenvalue weighted by Gasteiger charge is 2.38. The molecule has 0 saturated heterocycles. The van der Waals surface area contributed by atoms with Crippen LogP contribution in [0, 0.1) is 17.0 Å². The summed E-state index contributed by atoms with van der Waals surface area (Å²) in [5, 5.41) is 11.5. The second kappa shape index (κ2) is 8.24. The zero-order chi connectivity index (χ0) is 23.0. The quantitative estimate of drug-likeness (QED) is 0.241. The number of esters is 1. The molecule has 0 N–H and O–H groups in total. The fourth-order valence-electron chi connectivity index (χ4n) is 3.40. The van der Waals surface area contributed by atoms with Crippen molar-refractivity contribution in [3.63, 3.8) is 0 Å². The summed E-state index contributed by atoms with van der Waals surface area (Å²) in [6.07, 6.45) is 0. The molecule has 3 aromatic carbocycles. The van der Waals surface area contributed by atoms with Crippen molar-refractivity contribution in [1.29, 1.82) is 0 Å². The molecule has 0 bridgehead atoms. The predicted octanol–water partition coefficient (Wildman–Crippen LogP) is 4.71. The van der Waals surface area contributed by atoms with Gasteiger partial charge in [-0.15, -0.1) is 0 Å². The number of non-ortho nitro benzene ring substituents is 1. The number of nitro groups is 1. The van der Waals surface area contributed by atoms with E-state index in [-0.39, 0.29) is 34.7 Å². The summed E-state index contributed by atoms with van der Waals surface area (Å²) in [7, 11) is 0. The van der Waals surface area contributed by atoms with E-state index in [0.29, 0.717) is 10.6 Å². The largest absolute Gasteiger partial charge is 0.457 e. The highest BCUT2D eigenvalue weighted by atomic mass is 35.5. The van der Waals surface area contributed by atoms with Crippen molar-refractivity contribution >= 4 is 40.8 Å². The van der Waals surface area contributed by atoms with Gasteiger partial charge in [0.1, 0.15) is 6.61 Å². The topological polar surface area (TPSA) is 107 Å². The van der Waals surface area contributed by atoms with Gasteiger partial charge in [-0.1, -0.05) is 23.7 Å². The SMILES string of the molecule is Cc1cc([N+](=O)[O-])ccc1N1C(=O)c2ccc(C(=O)OCc3ccc(Cl)cc3)cc2C1=O. The normalized spacial score (nSPS) is 12.6. The van der Waals surface area contributed by atoms with Gasteiger partial charge >= 0.3 is 5.97 Å². The molecule has 0 atom stereocenters. The van der Waals surface area contributed by atoms with Gasteiger partial charge in [0.2, 0.25) is 0 Å². The van der Waals surface area contributed by atoms with Crippen LogP contribution in [0.25, 0.3) is 0 Å². The number of fused-ring (bicyclic) bond motifs is 1. The van der Waals surface area contributed by atoms with Crippen LogP contribution in [0.15, 0.2) is 60.7 Å². The number of halogens is 1. The van der Waals surface area contributed by atoms with Crippen LogP contribution in [-0.2, 0) is 11.3 Å². The van der Waals surface area contributed by atoms with Crippen LogP contribution < -0.4 is 4.90 Å². The molecule has 0 aliphatic carbocycles. The average Bonchev–Trinajstić information content (AvgIpc) is 3.02. The van der Waals surface area contributed by atoms with E-state index in [4.69, 9.17) is 16.3 Å². The third-order valence-electron chi connectivity index (χ3n) is 5.04. The minimum absolute atomic E-state index is 0.0219. The van der Waals surface area contributed by atoms with Gasteiger partial charge in [0.25, 0.3) is 17.5 Å². The first-order chi connectivity index (χ1) is 15.3. The smallest absolute Gasteiger partial charge is 0.338 e. The van der Waals surface area contributed by atoms with E-state index in [1.807, 2.05) is 0 Å². The van der Waals surface area contributed by atoms with E-state index >= 15 is 0 Å². The number of ether oxygens (including phenoxy) is 1. The first kappa shape index (κ1) is 21.2. The van der Waals surface area contributed by atoms with Crippen LogP contribution in [0.1, 0.15) is 42.2 Å². The van der Waals surface area contributed by atoms with Crippen LogP contribution in [0.3, 0.4) is 0 Å². The number of carbonyl (C=O) groups is 3. The van der Waals surface area contributed by atoms with E-state index in [2.05, 4.69) is 0 Å². The summed E-state index contributed by atoms with van der Waals surface area (Å²) >= 11 is 5.84. The van der Waals surface area contributed by atoms with Crippen molar-refractivity contribution in [3.8, 4) is 0 Å². The Balaban J connectivity index is 1.57. The number of nitro benzene ring substituents is 1. The van der Waals surface area contributed by atoms with Gasteiger partial charge in [0.05, 0.1) is 27.3 Å². The van der Waals surface area contributed by atoms with E-state index in [9.17, 15) is 24.5 Å². The number of carbonyl (C=O) groups excluding carboxylic acids is 3. The summed E-state index contributed by atoms with van der Waals surface area (Å²) < 4.78 is 5.29. The molecule has 2 amide bonds. The van der Waals surface area contributed by atoms with Crippen LogP contribution >= 0.6 is 11.6 Å². The molecule has 0 saturated carbocycles. The van der Waals surface area contributed by atoms with Crippen molar-refractivity contribution in [1.82, 2.24) is 0 Å². The number of nitrogens with zero attached hydrogens (tertiary/aromatic N) is 2. The Bertz CT molecular complexity index is 1290. The Labute approximate surface area is 187 Å². The number of imide groups is 1. The molecule has 32 heavy (non-hydrogen) atoms. The van der Waals surface area contributed by atoms with Crippen molar-refractivity contribution < 1.29 is 24.0 Å². The van der Waals surface area contributed by atoms with Crippen LogP contribution in [-0.4, -0.2) is 22.7 Å². The van der Waals surface area contributed by atoms with E-state index in [0.717, 1.165) is 10.5 Å². The Hall–Kier alpha value is -4.04. The lowest BCUT2D eigenvalue weighted by Crippen LogP contribution is -2.30. The van der Waals surface area contributed by atoms with E-state index in [1.165, 1.54) is 36.4 Å². The highest BCUT2D eigenvalue weighted by molar-refractivity contribution is 6.35. The summed E-state index contributed by atoms with van der Waals surface area (Å²) in [6, 6.07) is 14.8. The molecule has 1 aliphatic rings. The Morgan fingerprint density at radius 2 is 1.69 bits per heavy atom. The molecule has 0 unspecified atom stereocenters. The van der Waals surface area contributed by atoms with Gasteiger partial charge in [-0.3, -0.25) is 19.7 Å². The zero-order valence-corrected chi connectivity index (χ0v) is 17.5. The first-order valence-electron chi connectivity index (χ1n) is 9.45. The number of hydrogen-bond acceptors (Lipinski definition) is 6. The minimum atomic E-state index is -0.645. The van der Waals surface area contributed by atoms with Crippen molar-refractivity contribution in [2.75, 3.05) is 4.90 Å². The number of hydrogen-bond donors (Lipinski definition) is 0. The Morgan fingerprint density at radius 3 is 2.34 bits per heavy atom. The second-order valence-corrected chi connectivity index (χ2v) is 7.57. The third kappa shape index (κ3) is 3.83. The third-order valence-corrected chi connectivity index (χ3v) is 5.29. The number of rotatable bonds is 5. The summed E-state index contributed by atoms with van der Waals surface area (Å²) in [6.45, 7) is 1.60. The van der Waals surface area contributed by atoms with Crippen molar-refractivity contribution in [2.45, 2.75) is 13.5 Å². The molecule has 0 spiro atoms. The molecule has 1 heterocycles. The first-order valence-corrected chi connectivity index (χ1v) is 9.83. The molecule has 0 aromatic heterocycles. The van der Waals surface area contributed by atoms with Crippen molar-refractivity contribution in [3.05, 3.63) is 104 Å². The average molecular weight is 451 g/mol. The monoisotopic (exact) mass is 450 g/mol. The Morgan fingerprint density at radius 1 is 1.00 bits per heavy atom. The number of amides is 2. The van der Waals surface area contributed by atoms with Gasteiger partial charge in [-0.05, 0) is 54.4 Å². The lowest BCUT2D eigenvalue weighted by atomic mass is 10.1. The highest BCUT2D eigenvalue weighted by Crippen LogP contribution is 2.33. The minimum Gasteiger partial charge on any atom is -0.457 e. The molecule has 0 fully saturated rings.